The maximum atomic E-state index is 13.6. The normalized spacial score (nSPS) is 19.4. The second-order valence-electron chi connectivity index (χ2n) is 4.01. The molecule has 0 saturated carbocycles. The van der Waals surface area contributed by atoms with Gasteiger partial charge in [0.1, 0.15) is 0 Å². The molecule has 0 aromatic heterocycles. The van der Waals surface area contributed by atoms with Crippen molar-refractivity contribution in [2.24, 2.45) is 0 Å². The van der Waals surface area contributed by atoms with Gasteiger partial charge in [-0.05, 0) is 19.4 Å². The molecule has 1 atom stereocenters. The molecule has 1 aromatic rings. The molecule has 1 aromatic carbocycles. The van der Waals surface area contributed by atoms with E-state index < -0.39 is 5.82 Å². The predicted octanol–water partition coefficient (Wildman–Crippen LogP) is 1.97. The number of halogens is 1. The zero-order chi connectivity index (χ0) is 12.4. The SMILES string of the molecule is COc1cc(F)c(O)c(C2CCCN2)c1OC. The van der Waals surface area contributed by atoms with E-state index in [1.54, 1.807) is 0 Å². The van der Waals surface area contributed by atoms with Crippen LogP contribution in [0.5, 0.6) is 17.2 Å². The summed E-state index contributed by atoms with van der Waals surface area (Å²) in [5.74, 6) is -0.356. The summed E-state index contributed by atoms with van der Waals surface area (Å²) in [4.78, 5) is 0. The van der Waals surface area contributed by atoms with Crippen LogP contribution in [0.3, 0.4) is 0 Å². The highest BCUT2D eigenvalue weighted by atomic mass is 19.1. The van der Waals surface area contributed by atoms with E-state index in [9.17, 15) is 9.50 Å². The molecule has 2 rings (SSSR count). The van der Waals surface area contributed by atoms with Crippen molar-refractivity contribution in [2.75, 3.05) is 20.8 Å². The van der Waals surface area contributed by atoms with Gasteiger partial charge in [0.2, 0.25) is 0 Å². The Morgan fingerprint density at radius 3 is 2.71 bits per heavy atom. The molecule has 5 heteroatoms. The Balaban J connectivity index is 2.56. The van der Waals surface area contributed by atoms with Gasteiger partial charge < -0.3 is 19.9 Å². The molecule has 1 heterocycles. The van der Waals surface area contributed by atoms with Gasteiger partial charge in [0, 0.05) is 12.1 Å². The fourth-order valence-corrected chi connectivity index (χ4v) is 2.23. The highest BCUT2D eigenvalue weighted by molar-refractivity contribution is 5.55. The van der Waals surface area contributed by atoms with E-state index in [4.69, 9.17) is 9.47 Å². The van der Waals surface area contributed by atoms with E-state index in [-0.39, 0.29) is 11.8 Å². The molecule has 2 N–H and O–H groups in total. The summed E-state index contributed by atoms with van der Waals surface area (Å²) in [7, 11) is 2.92. The van der Waals surface area contributed by atoms with E-state index in [1.807, 2.05) is 0 Å². The largest absolute Gasteiger partial charge is 0.504 e. The maximum Gasteiger partial charge on any atom is 0.169 e. The van der Waals surface area contributed by atoms with Crippen LogP contribution in [0, 0.1) is 5.82 Å². The number of hydrogen-bond acceptors (Lipinski definition) is 4. The fraction of sp³-hybridized carbons (Fsp3) is 0.500. The van der Waals surface area contributed by atoms with Crippen molar-refractivity contribution in [1.82, 2.24) is 5.32 Å². The second kappa shape index (κ2) is 4.79. The van der Waals surface area contributed by atoms with Crippen LogP contribution in [0.1, 0.15) is 24.4 Å². The molecule has 0 aliphatic carbocycles. The number of phenolic OH excluding ortho intramolecular Hbond substituents is 1. The van der Waals surface area contributed by atoms with Crippen LogP contribution in [0.25, 0.3) is 0 Å². The first-order valence-electron chi connectivity index (χ1n) is 5.55. The number of ether oxygens (including phenoxy) is 2. The van der Waals surface area contributed by atoms with Gasteiger partial charge in [-0.15, -0.1) is 0 Å². The molecule has 1 aliphatic heterocycles. The van der Waals surface area contributed by atoms with Crippen molar-refractivity contribution in [2.45, 2.75) is 18.9 Å². The molecular formula is C12H16FNO3. The van der Waals surface area contributed by atoms with Gasteiger partial charge in [-0.3, -0.25) is 0 Å². The highest BCUT2D eigenvalue weighted by Crippen LogP contribution is 2.44. The van der Waals surface area contributed by atoms with E-state index in [0.717, 1.165) is 25.5 Å². The van der Waals surface area contributed by atoms with Crippen molar-refractivity contribution in [3.8, 4) is 17.2 Å². The lowest BCUT2D eigenvalue weighted by Gasteiger charge is -2.19. The minimum absolute atomic E-state index is 0.0884. The van der Waals surface area contributed by atoms with Crippen LogP contribution in [0.4, 0.5) is 4.39 Å². The molecule has 94 valence electrons. The second-order valence-corrected chi connectivity index (χ2v) is 4.01. The minimum atomic E-state index is -0.689. The number of benzene rings is 1. The fourth-order valence-electron chi connectivity index (χ4n) is 2.23. The minimum Gasteiger partial charge on any atom is -0.504 e. The summed E-state index contributed by atoms with van der Waals surface area (Å²) in [5.41, 5.74) is 0.446. The number of hydrogen-bond donors (Lipinski definition) is 2. The quantitative estimate of drug-likeness (QED) is 0.849. The van der Waals surface area contributed by atoms with Gasteiger partial charge in [-0.2, -0.15) is 0 Å². The summed E-state index contributed by atoms with van der Waals surface area (Å²) < 4.78 is 23.9. The van der Waals surface area contributed by atoms with Crippen LogP contribution in [0.15, 0.2) is 6.07 Å². The first-order chi connectivity index (χ1) is 8.19. The molecule has 4 nitrogen and oxygen atoms in total. The molecule has 1 unspecified atom stereocenters. The number of methoxy groups -OCH3 is 2. The lowest BCUT2D eigenvalue weighted by Crippen LogP contribution is -2.15. The van der Waals surface area contributed by atoms with Crippen molar-refractivity contribution in [3.63, 3.8) is 0 Å². The molecule has 0 spiro atoms. The van der Waals surface area contributed by atoms with Gasteiger partial charge >= 0.3 is 0 Å². The van der Waals surface area contributed by atoms with Crippen LogP contribution in [0.2, 0.25) is 0 Å². The maximum absolute atomic E-state index is 13.6. The summed E-state index contributed by atoms with van der Waals surface area (Å²) in [6, 6.07) is 1.04. The molecular weight excluding hydrogens is 225 g/mol. The van der Waals surface area contributed by atoms with Gasteiger partial charge in [0.05, 0.1) is 19.8 Å². The van der Waals surface area contributed by atoms with E-state index in [0.29, 0.717) is 17.1 Å². The van der Waals surface area contributed by atoms with Gasteiger partial charge in [0.15, 0.2) is 23.1 Å². The van der Waals surface area contributed by atoms with Crippen molar-refractivity contribution in [1.29, 1.82) is 0 Å². The zero-order valence-corrected chi connectivity index (χ0v) is 9.92. The summed E-state index contributed by atoms with van der Waals surface area (Å²) >= 11 is 0. The number of rotatable bonds is 3. The van der Waals surface area contributed by atoms with Gasteiger partial charge in [-0.1, -0.05) is 0 Å². The van der Waals surface area contributed by atoms with E-state index in [1.165, 1.54) is 14.2 Å². The summed E-state index contributed by atoms with van der Waals surface area (Å²) in [5, 5.41) is 13.0. The molecule has 0 bridgehead atoms. The summed E-state index contributed by atoms with van der Waals surface area (Å²) in [6.45, 7) is 0.853. The monoisotopic (exact) mass is 241 g/mol. The van der Waals surface area contributed by atoms with Crippen LogP contribution < -0.4 is 14.8 Å². The third-order valence-corrected chi connectivity index (χ3v) is 3.04. The third kappa shape index (κ3) is 2.02. The van der Waals surface area contributed by atoms with Crippen LogP contribution in [-0.4, -0.2) is 25.9 Å². The Hall–Kier alpha value is -1.49. The molecule has 0 amide bonds. The first-order valence-corrected chi connectivity index (χ1v) is 5.55. The van der Waals surface area contributed by atoms with Crippen molar-refractivity contribution >= 4 is 0 Å². The highest BCUT2D eigenvalue weighted by Gasteiger charge is 2.28. The van der Waals surface area contributed by atoms with Gasteiger partial charge in [0.25, 0.3) is 0 Å². The van der Waals surface area contributed by atoms with Crippen LogP contribution >= 0.6 is 0 Å². The number of phenols is 1. The lowest BCUT2D eigenvalue weighted by molar-refractivity contribution is 0.334. The Labute approximate surface area is 99.4 Å². The van der Waals surface area contributed by atoms with Gasteiger partial charge in [-0.25, -0.2) is 4.39 Å². The lowest BCUT2D eigenvalue weighted by atomic mass is 10.0. The molecule has 0 radical (unpaired) electrons. The topological polar surface area (TPSA) is 50.7 Å². The van der Waals surface area contributed by atoms with Crippen molar-refractivity contribution < 1.29 is 19.0 Å². The average Bonchev–Trinajstić information content (AvgIpc) is 2.85. The standard InChI is InChI=1S/C12H16FNO3/c1-16-9-6-7(13)11(15)10(12(9)17-2)8-4-3-5-14-8/h6,8,14-15H,3-5H2,1-2H3. The summed E-state index contributed by atoms with van der Waals surface area (Å²) in [6.07, 6.45) is 1.84. The average molecular weight is 241 g/mol. The smallest absolute Gasteiger partial charge is 0.169 e. The predicted molar refractivity (Wildman–Crippen MR) is 61.1 cm³/mol. The Morgan fingerprint density at radius 2 is 2.18 bits per heavy atom. The Kier molecular flexibility index (Phi) is 3.38. The number of nitrogens with one attached hydrogen (secondary N) is 1. The molecule has 1 fully saturated rings. The third-order valence-electron chi connectivity index (χ3n) is 3.04. The van der Waals surface area contributed by atoms with E-state index in [2.05, 4.69) is 5.32 Å². The van der Waals surface area contributed by atoms with E-state index >= 15 is 0 Å². The number of aromatic hydroxyl groups is 1. The molecule has 1 aliphatic rings. The van der Waals surface area contributed by atoms with Crippen molar-refractivity contribution in [3.05, 3.63) is 17.4 Å². The Bertz CT molecular complexity index is 417. The molecule has 1 saturated heterocycles. The van der Waals surface area contributed by atoms with Crippen LogP contribution in [-0.2, 0) is 0 Å². The Morgan fingerprint density at radius 1 is 1.41 bits per heavy atom. The molecule has 17 heavy (non-hydrogen) atoms. The zero-order valence-electron chi connectivity index (χ0n) is 9.92. The first kappa shape index (κ1) is 12.0.